The molecule has 29 heavy (non-hydrogen) atoms. The highest BCUT2D eigenvalue weighted by molar-refractivity contribution is 14.0. The number of nitrogens with one attached hydrogen (secondary N) is 2. The second kappa shape index (κ2) is 12.1. The van der Waals surface area contributed by atoms with Gasteiger partial charge in [-0.2, -0.15) is 0 Å². The summed E-state index contributed by atoms with van der Waals surface area (Å²) in [5.74, 6) is 1.18. The Morgan fingerprint density at radius 1 is 1.31 bits per heavy atom. The van der Waals surface area contributed by atoms with E-state index in [0.29, 0.717) is 6.04 Å². The number of carbonyl (C=O) groups excluding carboxylic acids is 1. The summed E-state index contributed by atoms with van der Waals surface area (Å²) < 4.78 is 0. The topological polar surface area (TPSA) is 60.0 Å². The van der Waals surface area contributed by atoms with Gasteiger partial charge in [-0.05, 0) is 50.7 Å². The fourth-order valence-corrected chi connectivity index (χ4v) is 4.91. The van der Waals surface area contributed by atoms with Gasteiger partial charge < -0.3 is 15.5 Å². The summed E-state index contributed by atoms with van der Waals surface area (Å²) in [4.78, 5) is 23.1. The molecule has 2 N–H and O–H groups in total. The number of thiophene rings is 1. The molecule has 0 radical (unpaired) electrons. The third-order valence-electron chi connectivity index (χ3n) is 5.55. The Bertz CT molecular complexity index is 646. The van der Waals surface area contributed by atoms with Crippen molar-refractivity contribution in [2.75, 3.05) is 39.3 Å². The number of aliphatic imine (C=N–C) groups is 1. The van der Waals surface area contributed by atoms with E-state index in [1.165, 1.54) is 17.7 Å². The van der Waals surface area contributed by atoms with Gasteiger partial charge in [-0.1, -0.05) is 19.9 Å². The second-order valence-electron chi connectivity index (χ2n) is 8.06. The summed E-state index contributed by atoms with van der Waals surface area (Å²) in [6, 6.07) is 5.00. The molecule has 1 aromatic heterocycles. The molecule has 2 aliphatic heterocycles. The zero-order valence-electron chi connectivity index (χ0n) is 17.9. The van der Waals surface area contributed by atoms with Crippen LogP contribution >= 0.6 is 35.3 Å². The largest absolute Gasteiger partial charge is 0.357 e. The van der Waals surface area contributed by atoms with Crippen LogP contribution in [0.2, 0.25) is 0 Å². The molecule has 2 atom stereocenters. The maximum Gasteiger partial charge on any atom is 0.225 e. The molecular formula is C21H36IN5OS. The molecule has 6 nitrogen and oxygen atoms in total. The molecular weight excluding hydrogens is 497 g/mol. The van der Waals surface area contributed by atoms with Gasteiger partial charge in [0.15, 0.2) is 5.96 Å². The number of hydrogen-bond acceptors (Lipinski definition) is 4. The van der Waals surface area contributed by atoms with Gasteiger partial charge in [0, 0.05) is 36.5 Å². The van der Waals surface area contributed by atoms with Gasteiger partial charge in [-0.25, -0.2) is 0 Å². The van der Waals surface area contributed by atoms with Crippen molar-refractivity contribution in [2.45, 2.75) is 52.1 Å². The van der Waals surface area contributed by atoms with E-state index in [1.54, 1.807) is 0 Å². The van der Waals surface area contributed by atoms with Crippen molar-refractivity contribution in [1.29, 1.82) is 0 Å². The number of carbonyl (C=O) groups is 1. The average Bonchev–Trinajstić information content (AvgIpc) is 3.44. The van der Waals surface area contributed by atoms with Crippen LogP contribution in [0.3, 0.4) is 0 Å². The van der Waals surface area contributed by atoms with E-state index in [4.69, 9.17) is 4.99 Å². The van der Waals surface area contributed by atoms with Crippen LogP contribution in [-0.2, 0) is 4.79 Å². The maximum absolute atomic E-state index is 12.2. The lowest BCUT2D eigenvalue weighted by molar-refractivity contribution is -0.133. The van der Waals surface area contributed by atoms with Crippen molar-refractivity contribution in [2.24, 2.45) is 10.9 Å². The Morgan fingerprint density at radius 3 is 2.69 bits per heavy atom. The lowest BCUT2D eigenvalue weighted by atomic mass is 10.2. The van der Waals surface area contributed by atoms with Crippen molar-refractivity contribution in [3.8, 4) is 0 Å². The Kier molecular flexibility index (Phi) is 10.2. The fourth-order valence-electron chi connectivity index (χ4n) is 4.05. The molecule has 3 rings (SSSR count). The first-order valence-electron chi connectivity index (χ1n) is 10.7. The molecule has 2 saturated heterocycles. The van der Waals surface area contributed by atoms with E-state index in [2.05, 4.69) is 40.0 Å². The fraction of sp³-hybridized carbons (Fsp3) is 0.714. The summed E-state index contributed by atoms with van der Waals surface area (Å²) in [6.45, 7) is 11.6. The Labute approximate surface area is 196 Å². The minimum absolute atomic E-state index is 0. The van der Waals surface area contributed by atoms with Crippen molar-refractivity contribution >= 4 is 47.2 Å². The second-order valence-corrected chi connectivity index (χ2v) is 9.04. The predicted octanol–water partition coefficient (Wildman–Crippen LogP) is 3.32. The molecule has 0 aliphatic carbocycles. The van der Waals surface area contributed by atoms with E-state index in [0.717, 1.165) is 51.6 Å². The normalized spacial score (nSPS) is 21.3. The zero-order chi connectivity index (χ0) is 19.9. The highest BCUT2D eigenvalue weighted by atomic mass is 127. The first kappa shape index (κ1) is 24.4. The minimum Gasteiger partial charge on any atom is -0.357 e. The van der Waals surface area contributed by atoms with Gasteiger partial charge in [0.1, 0.15) is 0 Å². The molecule has 3 heterocycles. The van der Waals surface area contributed by atoms with E-state index < -0.39 is 0 Å². The SMILES string of the molecule is CCNC(=NCC(c1cccs1)N1CCCC1)NC1CCN(C(=O)C(C)C)C1.I. The van der Waals surface area contributed by atoms with Gasteiger partial charge in [0.05, 0.1) is 12.6 Å². The molecule has 0 aromatic carbocycles. The molecule has 2 fully saturated rings. The van der Waals surface area contributed by atoms with Crippen LogP contribution in [0, 0.1) is 5.92 Å². The first-order chi connectivity index (χ1) is 13.6. The molecule has 1 amide bonds. The summed E-state index contributed by atoms with van der Waals surface area (Å²) in [5.41, 5.74) is 0. The maximum atomic E-state index is 12.2. The van der Waals surface area contributed by atoms with Crippen molar-refractivity contribution in [3.05, 3.63) is 22.4 Å². The van der Waals surface area contributed by atoms with Gasteiger partial charge >= 0.3 is 0 Å². The van der Waals surface area contributed by atoms with Gasteiger partial charge in [-0.15, -0.1) is 35.3 Å². The third-order valence-corrected chi connectivity index (χ3v) is 6.53. The molecule has 1 aromatic rings. The van der Waals surface area contributed by atoms with E-state index in [1.807, 2.05) is 30.1 Å². The Balaban J connectivity index is 0.00000300. The Morgan fingerprint density at radius 2 is 2.07 bits per heavy atom. The third kappa shape index (κ3) is 6.82. The monoisotopic (exact) mass is 533 g/mol. The lowest BCUT2D eigenvalue weighted by Crippen LogP contribution is -2.45. The molecule has 164 valence electrons. The van der Waals surface area contributed by atoms with Crippen LogP contribution in [0.1, 0.15) is 51.0 Å². The molecule has 8 heteroatoms. The predicted molar refractivity (Wildman–Crippen MR) is 132 cm³/mol. The highest BCUT2D eigenvalue weighted by Gasteiger charge is 2.28. The van der Waals surface area contributed by atoms with Gasteiger partial charge in [0.2, 0.25) is 5.91 Å². The molecule has 2 unspecified atom stereocenters. The van der Waals surface area contributed by atoms with Gasteiger partial charge in [0.25, 0.3) is 0 Å². The lowest BCUT2D eigenvalue weighted by Gasteiger charge is -2.26. The number of halogens is 1. The number of amides is 1. The summed E-state index contributed by atoms with van der Waals surface area (Å²) in [6.07, 6.45) is 3.54. The van der Waals surface area contributed by atoms with Crippen LogP contribution in [0.4, 0.5) is 0 Å². The standard InChI is InChI=1S/C21H35N5OS.HI/c1-4-22-21(24-17-9-12-26(15-17)20(27)16(2)3)23-14-18(19-8-7-13-28-19)25-10-5-6-11-25;/h7-8,13,16-18H,4-6,9-12,14-15H2,1-3H3,(H2,22,23,24);1H. The number of nitrogens with zero attached hydrogens (tertiary/aromatic N) is 3. The van der Waals surface area contributed by atoms with Crippen LogP contribution in [0.5, 0.6) is 0 Å². The Hall–Kier alpha value is -0.870. The first-order valence-corrected chi connectivity index (χ1v) is 11.6. The van der Waals surface area contributed by atoms with E-state index in [-0.39, 0.29) is 41.8 Å². The highest BCUT2D eigenvalue weighted by Crippen LogP contribution is 2.28. The quantitative estimate of drug-likeness (QED) is 0.321. The van der Waals surface area contributed by atoms with Crippen molar-refractivity contribution in [1.82, 2.24) is 20.4 Å². The zero-order valence-corrected chi connectivity index (χ0v) is 21.0. The summed E-state index contributed by atoms with van der Waals surface area (Å²) in [7, 11) is 0. The van der Waals surface area contributed by atoms with Crippen LogP contribution in [-0.4, -0.2) is 67.0 Å². The molecule has 0 spiro atoms. The van der Waals surface area contributed by atoms with Crippen LogP contribution in [0.25, 0.3) is 0 Å². The van der Waals surface area contributed by atoms with Crippen LogP contribution < -0.4 is 10.6 Å². The average molecular weight is 534 g/mol. The number of rotatable bonds is 7. The van der Waals surface area contributed by atoms with Gasteiger partial charge in [-0.3, -0.25) is 14.7 Å². The van der Waals surface area contributed by atoms with E-state index >= 15 is 0 Å². The number of likely N-dealkylation sites (tertiary alicyclic amines) is 2. The number of hydrogen-bond donors (Lipinski definition) is 2. The van der Waals surface area contributed by atoms with Crippen molar-refractivity contribution in [3.63, 3.8) is 0 Å². The summed E-state index contributed by atoms with van der Waals surface area (Å²) in [5, 5.41) is 9.11. The molecule has 0 bridgehead atoms. The number of guanidine groups is 1. The smallest absolute Gasteiger partial charge is 0.225 e. The molecule has 0 saturated carbocycles. The van der Waals surface area contributed by atoms with Crippen molar-refractivity contribution < 1.29 is 4.79 Å². The molecule has 2 aliphatic rings. The minimum atomic E-state index is 0. The summed E-state index contributed by atoms with van der Waals surface area (Å²) >= 11 is 1.83. The van der Waals surface area contributed by atoms with Crippen LogP contribution in [0.15, 0.2) is 22.5 Å². The van der Waals surface area contributed by atoms with E-state index in [9.17, 15) is 4.79 Å².